The molecular weight excluding hydrogens is 314 g/mol. The minimum Gasteiger partial charge on any atom is -0.393 e. The molecule has 0 aromatic carbocycles. The molecule has 140 valence electrons. The zero-order valence-corrected chi connectivity index (χ0v) is 16.0. The highest BCUT2D eigenvalue weighted by Gasteiger charge is 2.63. The van der Waals surface area contributed by atoms with Crippen LogP contribution in [0.5, 0.6) is 0 Å². The van der Waals surface area contributed by atoms with Gasteiger partial charge in [-0.1, -0.05) is 19.9 Å². The molecule has 4 heteroatoms. The Labute approximate surface area is 151 Å². The van der Waals surface area contributed by atoms with Crippen molar-refractivity contribution in [2.45, 2.75) is 77.9 Å². The van der Waals surface area contributed by atoms with Crippen LogP contribution in [0.15, 0.2) is 11.8 Å². The molecule has 1 aliphatic heterocycles. The molecule has 4 nitrogen and oxygen atoms in total. The number of allylic oxidation sites excluding steroid dienone is 2. The molecule has 4 unspecified atom stereocenters. The molecule has 3 N–H and O–H groups in total. The second-order valence-corrected chi connectivity index (χ2v) is 10.2. The summed E-state index contributed by atoms with van der Waals surface area (Å²) in [6.07, 6.45) is 7.15. The standard InChI is InChI=1S/C21H33NO3/c1-19(2,25)15-7-6-13-12-5-8-16-20(3,10-9-17(24)22-16)18(12)14(23)11-21(13,15)4/h8,12-15,18,23,25H,5-7,9-11H2,1-4H3,(H,22,24)/t12?,13?,14-,15?,18?,20-,21-/m0/s1. The van der Waals surface area contributed by atoms with Crippen LogP contribution in [-0.2, 0) is 4.79 Å². The average molecular weight is 347 g/mol. The molecule has 3 fully saturated rings. The van der Waals surface area contributed by atoms with Gasteiger partial charge in [-0.25, -0.2) is 0 Å². The van der Waals surface area contributed by atoms with Crippen molar-refractivity contribution >= 4 is 5.91 Å². The Morgan fingerprint density at radius 1 is 1.28 bits per heavy atom. The van der Waals surface area contributed by atoms with Crippen LogP contribution < -0.4 is 5.32 Å². The third-order valence-electron chi connectivity index (χ3n) is 8.39. The fourth-order valence-electron chi connectivity index (χ4n) is 7.49. The summed E-state index contributed by atoms with van der Waals surface area (Å²) < 4.78 is 0. The number of carbonyl (C=O) groups excluding carboxylic acids is 1. The summed E-state index contributed by atoms with van der Waals surface area (Å²) in [4.78, 5) is 11.8. The molecule has 1 saturated heterocycles. The number of carbonyl (C=O) groups is 1. The number of piperidine rings is 1. The van der Waals surface area contributed by atoms with Gasteiger partial charge >= 0.3 is 0 Å². The van der Waals surface area contributed by atoms with E-state index in [1.807, 2.05) is 13.8 Å². The van der Waals surface area contributed by atoms with Crippen molar-refractivity contribution in [3.63, 3.8) is 0 Å². The molecule has 0 spiro atoms. The van der Waals surface area contributed by atoms with Gasteiger partial charge < -0.3 is 15.5 Å². The van der Waals surface area contributed by atoms with Gasteiger partial charge in [0.1, 0.15) is 0 Å². The predicted molar refractivity (Wildman–Crippen MR) is 96.4 cm³/mol. The van der Waals surface area contributed by atoms with Crippen molar-refractivity contribution in [3.8, 4) is 0 Å². The minimum atomic E-state index is -0.700. The number of aliphatic hydroxyl groups is 2. The van der Waals surface area contributed by atoms with E-state index in [1.54, 1.807) is 0 Å². The van der Waals surface area contributed by atoms with E-state index in [1.165, 1.54) is 0 Å². The number of fused-ring (bicyclic) bond motifs is 5. The number of amides is 1. The number of aliphatic hydroxyl groups excluding tert-OH is 1. The molecule has 3 aliphatic carbocycles. The van der Waals surface area contributed by atoms with E-state index >= 15 is 0 Å². The van der Waals surface area contributed by atoms with Crippen LogP contribution in [0.4, 0.5) is 0 Å². The molecule has 0 aromatic rings. The molecule has 1 amide bonds. The lowest BCUT2D eigenvalue weighted by Gasteiger charge is -2.59. The zero-order chi connectivity index (χ0) is 18.2. The number of nitrogens with one attached hydrogen (secondary N) is 1. The number of rotatable bonds is 1. The first kappa shape index (κ1) is 17.5. The molecule has 4 rings (SSSR count). The van der Waals surface area contributed by atoms with E-state index < -0.39 is 5.60 Å². The molecule has 0 radical (unpaired) electrons. The van der Waals surface area contributed by atoms with Gasteiger partial charge in [0.15, 0.2) is 0 Å². The van der Waals surface area contributed by atoms with Crippen LogP contribution in [0.25, 0.3) is 0 Å². The van der Waals surface area contributed by atoms with Crippen LogP contribution in [-0.4, -0.2) is 27.8 Å². The lowest BCUT2D eigenvalue weighted by Crippen LogP contribution is -2.59. The van der Waals surface area contributed by atoms with Crippen molar-refractivity contribution < 1.29 is 15.0 Å². The van der Waals surface area contributed by atoms with E-state index in [-0.39, 0.29) is 34.7 Å². The van der Waals surface area contributed by atoms with Gasteiger partial charge in [0, 0.05) is 17.5 Å². The molecular formula is C21H33NO3. The van der Waals surface area contributed by atoms with Gasteiger partial charge in [0.25, 0.3) is 0 Å². The molecule has 1 heterocycles. The Balaban J connectivity index is 1.72. The SMILES string of the molecule is CC(C)(O)C1CCC2C3CC=C4NC(=O)CC[C@]4(C)C3[C@@H](O)C[C@@]21C. The summed E-state index contributed by atoms with van der Waals surface area (Å²) in [7, 11) is 0. The quantitative estimate of drug-likeness (QED) is 0.683. The van der Waals surface area contributed by atoms with Crippen molar-refractivity contribution in [2.24, 2.45) is 34.5 Å². The second kappa shape index (κ2) is 5.32. The third-order valence-corrected chi connectivity index (χ3v) is 8.39. The number of hydrogen-bond acceptors (Lipinski definition) is 3. The molecule has 0 bridgehead atoms. The molecule has 25 heavy (non-hydrogen) atoms. The highest BCUT2D eigenvalue weighted by atomic mass is 16.3. The maximum Gasteiger partial charge on any atom is 0.224 e. The minimum absolute atomic E-state index is 0.00154. The smallest absolute Gasteiger partial charge is 0.224 e. The average Bonchev–Trinajstić information content (AvgIpc) is 2.84. The monoisotopic (exact) mass is 347 g/mol. The van der Waals surface area contributed by atoms with Gasteiger partial charge in [-0.3, -0.25) is 4.79 Å². The lowest BCUT2D eigenvalue weighted by atomic mass is 9.47. The van der Waals surface area contributed by atoms with Gasteiger partial charge in [0.2, 0.25) is 5.91 Å². The topological polar surface area (TPSA) is 69.6 Å². The Hall–Kier alpha value is -0.870. The van der Waals surface area contributed by atoms with Gasteiger partial charge in [-0.15, -0.1) is 0 Å². The van der Waals surface area contributed by atoms with Gasteiger partial charge in [-0.2, -0.15) is 0 Å². The van der Waals surface area contributed by atoms with Crippen LogP contribution >= 0.6 is 0 Å². The molecule has 2 saturated carbocycles. The van der Waals surface area contributed by atoms with E-state index in [0.717, 1.165) is 37.8 Å². The van der Waals surface area contributed by atoms with Gasteiger partial charge in [-0.05, 0) is 75.0 Å². The predicted octanol–water partition coefficient (Wildman–Crippen LogP) is 2.99. The lowest BCUT2D eigenvalue weighted by molar-refractivity contribution is -0.149. The highest BCUT2D eigenvalue weighted by Crippen LogP contribution is 2.66. The summed E-state index contributed by atoms with van der Waals surface area (Å²) in [6, 6.07) is 0. The van der Waals surface area contributed by atoms with Crippen molar-refractivity contribution in [1.29, 1.82) is 0 Å². The first-order chi connectivity index (χ1) is 11.6. The summed E-state index contributed by atoms with van der Waals surface area (Å²) in [5.41, 5.74) is 0.224. The number of hydrogen-bond donors (Lipinski definition) is 3. The highest BCUT2D eigenvalue weighted by molar-refractivity contribution is 5.79. The van der Waals surface area contributed by atoms with Crippen LogP contribution in [0, 0.1) is 34.5 Å². The fraction of sp³-hybridized carbons (Fsp3) is 0.857. The Bertz CT molecular complexity index is 621. The molecule has 7 atom stereocenters. The van der Waals surface area contributed by atoms with Crippen molar-refractivity contribution in [3.05, 3.63) is 11.8 Å². The van der Waals surface area contributed by atoms with E-state index in [0.29, 0.717) is 18.3 Å². The summed E-state index contributed by atoms with van der Waals surface area (Å²) in [6.45, 7) is 8.40. The van der Waals surface area contributed by atoms with Crippen LogP contribution in [0.1, 0.15) is 66.2 Å². The molecule has 4 aliphatic rings. The third kappa shape index (κ3) is 2.36. The summed E-state index contributed by atoms with van der Waals surface area (Å²) in [5, 5.41) is 25.1. The normalized spacial score (nSPS) is 49.6. The van der Waals surface area contributed by atoms with Gasteiger partial charge in [0.05, 0.1) is 11.7 Å². The van der Waals surface area contributed by atoms with Crippen LogP contribution in [0.3, 0.4) is 0 Å². The maximum absolute atomic E-state index is 11.8. The maximum atomic E-state index is 11.8. The van der Waals surface area contributed by atoms with Crippen molar-refractivity contribution in [2.75, 3.05) is 0 Å². The zero-order valence-electron chi connectivity index (χ0n) is 16.0. The van der Waals surface area contributed by atoms with E-state index in [9.17, 15) is 15.0 Å². The summed E-state index contributed by atoms with van der Waals surface area (Å²) >= 11 is 0. The molecule has 0 aromatic heterocycles. The van der Waals surface area contributed by atoms with Crippen molar-refractivity contribution in [1.82, 2.24) is 5.32 Å². The largest absolute Gasteiger partial charge is 0.393 e. The van der Waals surface area contributed by atoms with E-state index in [4.69, 9.17) is 0 Å². The first-order valence-corrected chi connectivity index (χ1v) is 9.98. The van der Waals surface area contributed by atoms with E-state index in [2.05, 4.69) is 25.2 Å². The Morgan fingerprint density at radius 2 is 2.00 bits per heavy atom. The Morgan fingerprint density at radius 3 is 2.68 bits per heavy atom. The fourth-order valence-corrected chi connectivity index (χ4v) is 7.49. The van der Waals surface area contributed by atoms with Crippen LogP contribution in [0.2, 0.25) is 0 Å². The second-order valence-electron chi connectivity index (χ2n) is 10.2. The first-order valence-electron chi connectivity index (χ1n) is 9.98. The summed E-state index contributed by atoms with van der Waals surface area (Å²) in [5.74, 6) is 1.56. The Kier molecular flexibility index (Phi) is 3.73.